The summed E-state index contributed by atoms with van der Waals surface area (Å²) in [6, 6.07) is 0. The number of hydrogen-bond donors (Lipinski definition) is 0. The van der Waals surface area contributed by atoms with Gasteiger partial charge in [-0.2, -0.15) is 0 Å². The fourth-order valence-corrected chi connectivity index (χ4v) is 2.14. The summed E-state index contributed by atoms with van der Waals surface area (Å²) in [5, 5.41) is 0. The molecule has 0 unspecified atom stereocenters. The first-order chi connectivity index (χ1) is 7.63. The number of esters is 1. The van der Waals surface area contributed by atoms with Gasteiger partial charge in [-0.1, -0.05) is 19.3 Å². The molecule has 1 rings (SSSR count). The molecule has 0 atom stereocenters. The van der Waals surface area contributed by atoms with Crippen LogP contribution in [-0.2, 0) is 14.3 Å². The topological polar surface area (TPSA) is 46.6 Å². The van der Waals surface area contributed by atoms with Crippen LogP contribution in [0.5, 0.6) is 0 Å². The number of nitrogens with zero attached hydrogens (tertiary/aromatic N) is 1. The number of ether oxygens (including phenoxy) is 1. The van der Waals surface area contributed by atoms with E-state index in [4.69, 9.17) is 0 Å². The average molecular weight is 227 g/mol. The number of rotatable bonds is 4. The molecule has 1 amide bonds. The number of hydrogen-bond acceptors (Lipinski definition) is 3. The average Bonchev–Trinajstić information content (AvgIpc) is 2.30. The minimum absolute atomic E-state index is 0.0531. The molecule has 1 aliphatic rings. The molecule has 0 aromatic heterocycles. The van der Waals surface area contributed by atoms with Crippen LogP contribution < -0.4 is 0 Å². The highest BCUT2D eigenvalue weighted by Crippen LogP contribution is 2.26. The van der Waals surface area contributed by atoms with E-state index >= 15 is 0 Å². The second kappa shape index (κ2) is 6.51. The molecular formula is C12H21NO3. The lowest BCUT2D eigenvalue weighted by Crippen LogP contribution is -2.34. The zero-order chi connectivity index (χ0) is 12.0. The summed E-state index contributed by atoms with van der Waals surface area (Å²) in [6.07, 6.45) is 6.64. The molecule has 0 aliphatic heterocycles. The minimum Gasteiger partial charge on any atom is -0.468 e. The molecule has 0 aromatic carbocycles. The summed E-state index contributed by atoms with van der Waals surface area (Å²) in [6.45, 7) is 0.0576. The number of likely N-dealkylation sites (N-methyl/N-ethyl adjacent to an activating group) is 1. The van der Waals surface area contributed by atoms with Crippen molar-refractivity contribution in [1.82, 2.24) is 4.90 Å². The summed E-state index contributed by atoms with van der Waals surface area (Å²) in [4.78, 5) is 24.2. The van der Waals surface area contributed by atoms with Gasteiger partial charge in [0.05, 0.1) is 7.11 Å². The van der Waals surface area contributed by atoms with Crippen LogP contribution in [0.3, 0.4) is 0 Å². The summed E-state index contributed by atoms with van der Waals surface area (Å²) < 4.78 is 4.53. The predicted molar refractivity (Wildman–Crippen MR) is 60.8 cm³/mol. The van der Waals surface area contributed by atoms with E-state index in [1.165, 1.54) is 31.3 Å². The van der Waals surface area contributed by atoms with Crippen molar-refractivity contribution in [1.29, 1.82) is 0 Å². The second-order valence-electron chi connectivity index (χ2n) is 4.53. The Bertz CT molecular complexity index is 247. The quantitative estimate of drug-likeness (QED) is 0.685. The lowest BCUT2D eigenvalue weighted by Gasteiger charge is -2.23. The van der Waals surface area contributed by atoms with Gasteiger partial charge in [-0.05, 0) is 18.8 Å². The van der Waals surface area contributed by atoms with Gasteiger partial charge in [-0.15, -0.1) is 0 Å². The summed E-state index contributed by atoms with van der Waals surface area (Å²) >= 11 is 0. The molecule has 4 heteroatoms. The number of carbonyl (C=O) groups excluding carboxylic acids is 2. The highest BCUT2D eigenvalue weighted by atomic mass is 16.5. The van der Waals surface area contributed by atoms with Crippen LogP contribution in [0.4, 0.5) is 0 Å². The van der Waals surface area contributed by atoms with Crippen molar-refractivity contribution in [2.24, 2.45) is 5.92 Å². The van der Waals surface area contributed by atoms with Gasteiger partial charge in [0.25, 0.3) is 0 Å². The van der Waals surface area contributed by atoms with Crippen molar-refractivity contribution in [3.8, 4) is 0 Å². The van der Waals surface area contributed by atoms with Crippen LogP contribution in [0.1, 0.15) is 38.5 Å². The summed E-state index contributed by atoms with van der Waals surface area (Å²) in [7, 11) is 2.99. The Morgan fingerprint density at radius 1 is 1.25 bits per heavy atom. The molecule has 0 spiro atoms. The lowest BCUT2D eigenvalue weighted by molar-refractivity contribution is -0.146. The molecule has 1 aliphatic carbocycles. The maximum atomic E-state index is 11.8. The van der Waals surface area contributed by atoms with Gasteiger partial charge in [0, 0.05) is 13.5 Å². The van der Waals surface area contributed by atoms with Crippen LogP contribution in [0.15, 0.2) is 0 Å². The normalized spacial score (nSPS) is 16.9. The smallest absolute Gasteiger partial charge is 0.325 e. The number of carbonyl (C=O) groups is 2. The van der Waals surface area contributed by atoms with E-state index in [-0.39, 0.29) is 18.4 Å². The van der Waals surface area contributed by atoms with E-state index in [1.54, 1.807) is 7.05 Å². The summed E-state index contributed by atoms with van der Waals surface area (Å²) in [5.74, 6) is 0.207. The Kier molecular flexibility index (Phi) is 5.29. The van der Waals surface area contributed by atoms with E-state index in [0.29, 0.717) is 12.3 Å². The highest BCUT2D eigenvalue weighted by molar-refractivity contribution is 5.81. The van der Waals surface area contributed by atoms with Crippen LogP contribution in [-0.4, -0.2) is 37.5 Å². The standard InChI is InChI=1S/C12H21NO3/c1-13(9-12(15)16-2)11(14)8-10-6-4-3-5-7-10/h10H,3-9H2,1-2H3. The lowest BCUT2D eigenvalue weighted by atomic mass is 9.87. The van der Waals surface area contributed by atoms with E-state index < -0.39 is 0 Å². The Hall–Kier alpha value is -1.06. The molecule has 0 heterocycles. The van der Waals surface area contributed by atoms with E-state index in [1.807, 2.05) is 0 Å². The van der Waals surface area contributed by atoms with Gasteiger partial charge in [-0.3, -0.25) is 9.59 Å². The molecule has 0 radical (unpaired) electrons. The molecule has 4 nitrogen and oxygen atoms in total. The van der Waals surface area contributed by atoms with Gasteiger partial charge in [-0.25, -0.2) is 0 Å². The molecule has 0 aromatic rings. The van der Waals surface area contributed by atoms with Crippen molar-refractivity contribution in [2.75, 3.05) is 20.7 Å². The largest absolute Gasteiger partial charge is 0.468 e. The van der Waals surface area contributed by atoms with Crippen molar-refractivity contribution >= 4 is 11.9 Å². The first-order valence-electron chi connectivity index (χ1n) is 5.94. The minimum atomic E-state index is -0.362. The first kappa shape index (κ1) is 13.0. The molecule has 92 valence electrons. The number of methoxy groups -OCH3 is 1. The Labute approximate surface area is 96.9 Å². The van der Waals surface area contributed by atoms with Crippen LogP contribution in [0.2, 0.25) is 0 Å². The van der Waals surface area contributed by atoms with Gasteiger partial charge in [0.2, 0.25) is 5.91 Å². The molecule has 16 heavy (non-hydrogen) atoms. The van der Waals surface area contributed by atoms with Crippen molar-refractivity contribution in [3.63, 3.8) is 0 Å². The first-order valence-corrected chi connectivity index (χ1v) is 5.94. The van der Waals surface area contributed by atoms with Crippen LogP contribution in [0, 0.1) is 5.92 Å². The third-order valence-electron chi connectivity index (χ3n) is 3.21. The maximum Gasteiger partial charge on any atom is 0.325 e. The van der Waals surface area contributed by atoms with E-state index in [2.05, 4.69) is 4.74 Å². The fraction of sp³-hybridized carbons (Fsp3) is 0.833. The zero-order valence-electron chi connectivity index (χ0n) is 10.2. The molecular weight excluding hydrogens is 206 g/mol. The molecule has 1 fully saturated rings. The van der Waals surface area contributed by atoms with Crippen molar-refractivity contribution < 1.29 is 14.3 Å². The highest BCUT2D eigenvalue weighted by Gasteiger charge is 2.20. The predicted octanol–water partition coefficient (Wildman–Crippen LogP) is 1.59. The molecule has 0 N–H and O–H groups in total. The second-order valence-corrected chi connectivity index (χ2v) is 4.53. The van der Waals surface area contributed by atoms with E-state index in [0.717, 1.165) is 12.8 Å². The van der Waals surface area contributed by atoms with E-state index in [9.17, 15) is 9.59 Å². The molecule has 0 saturated heterocycles. The van der Waals surface area contributed by atoms with Gasteiger partial charge in [0.1, 0.15) is 6.54 Å². The number of amides is 1. The maximum absolute atomic E-state index is 11.8. The Morgan fingerprint density at radius 2 is 1.88 bits per heavy atom. The third-order valence-corrected chi connectivity index (χ3v) is 3.21. The zero-order valence-corrected chi connectivity index (χ0v) is 10.2. The monoisotopic (exact) mass is 227 g/mol. The SMILES string of the molecule is COC(=O)CN(C)C(=O)CC1CCCCC1. The molecule has 0 bridgehead atoms. The third kappa shape index (κ3) is 4.21. The Morgan fingerprint density at radius 3 is 2.44 bits per heavy atom. The van der Waals surface area contributed by atoms with Crippen LogP contribution in [0.25, 0.3) is 0 Å². The Balaban J connectivity index is 2.29. The van der Waals surface area contributed by atoms with Gasteiger partial charge < -0.3 is 9.64 Å². The van der Waals surface area contributed by atoms with Gasteiger partial charge >= 0.3 is 5.97 Å². The summed E-state index contributed by atoms with van der Waals surface area (Å²) in [5.41, 5.74) is 0. The molecule has 1 saturated carbocycles. The van der Waals surface area contributed by atoms with Crippen molar-refractivity contribution in [3.05, 3.63) is 0 Å². The fourth-order valence-electron chi connectivity index (χ4n) is 2.14. The van der Waals surface area contributed by atoms with Crippen LogP contribution >= 0.6 is 0 Å². The van der Waals surface area contributed by atoms with Gasteiger partial charge in [0.15, 0.2) is 0 Å². The van der Waals surface area contributed by atoms with Crippen molar-refractivity contribution in [2.45, 2.75) is 38.5 Å².